The Kier molecular flexibility index (Phi) is 3.36. The summed E-state index contributed by atoms with van der Waals surface area (Å²) in [5.74, 6) is 0.587. The van der Waals surface area contributed by atoms with Crippen molar-refractivity contribution in [1.29, 1.82) is 5.26 Å². The average Bonchev–Trinajstić information content (AvgIpc) is 3.14. The van der Waals surface area contributed by atoms with Crippen molar-refractivity contribution in [2.75, 3.05) is 6.54 Å². The summed E-state index contributed by atoms with van der Waals surface area (Å²) in [5, 5.41) is 10.3. The molecule has 0 amide bonds. The third-order valence-corrected chi connectivity index (χ3v) is 5.00. The van der Waals surface area contributed by atoms with E-state index in [4.69, 9.17) is 4.98 Å². The molecule has 3 nitrogen and oxygen atoms in total. The first-order valence-corrected chi connectivity index (χ1v) is 7.73. The van der Waals surface area contributed by atoms with E-state index in [0.29, 0.717) is 12.0 Å². The van der Waals surface area contributed by atoms with Gasteiger partial charge < -0.3 is 0 Å². The molecule has 1 saturated heterocycles. The Hall–Kier alpha value is -0.920. The quantitative estimate of drug-likeness (QED) is 0.838. The van der Waals surface area contributed by atoms with Crippen LogP contribution in [0.15, 0.2) is 0 Å². The predicted octanol–water partition coefficient (Wildman–Crippen LogP) is 3.27. The van der Waals surface area contributed by atoms with Crippen molar-refractivity contribution in [3.63, 3.8) is 0 Å². The lowest BCUT2D eigenvalue weighted by atomic mass is 10.0. The van der Waals surface area contributed by atoms with Crippen molar-refractivity contribution in [2.45, 2.75) is 57.5 Å². The van der Waals surface area contributed by atoms with Gasteiger partial charge in [0.2, 0.25) is 0 Å². The molecule has 2 fully saturated rings. The molecule has 1 aromatic heterocycles. The topological polar surface area (TPSA) is 39.9 Å². The molecular formula is C14H19N3S. The summed E-state index contributed by atoms with van der Waals surface area (Å²) in [7, 11) is 0. The highest BCUT2D eigenvalue weighted by atomic mass is 32.1. The lowest BCUT2D eigenvalue weighted by Crippen LogP contribution is -2.36. The summed E-state index contributed by atoms with van der Waals surface area (Å²) in [6, 6.07) is 2.99. The van der Waals surface area contributed by atoms with Gasteiger partial charge in [-0.1, -0.05) is 6.42 Å². The van der Waals surface area contributed by atoms with Gasteiger partial charge in [-0.25, -0.2) is 4.98 Å². The Balaban J connectivity index is 1.74. The van der Waals surface area contributed by atoms with Crippen LogP contribution in [0.2, 0.25) is 0 Å². The lowest BCUT2D eigenvalue weighted by Gasteiger charge is -2.32. The van der Waals surface area contributed by atoms with E-state index in [1.54, 1.807) is 11.3 Å². The molecule has 0 spiro atoms. The van der Waals surface area contributed by atoms with Crippen LogP contribution in [0.25, 0.3) is 0 Å². The van der Waals surface area contributed by atoms with Gasteiger partial charge in [-0.2, -0.15) is 5.26 Å². The summed E-state index contributed by atoms with van der Waals surface area (Å²) < 4.78 is 0. The second kappa shape index (κ2) is 4.99. The maximum atomic E-state index is 9.17. The standard InChI is InChI=1S/C14H19N3S/c1-10-4-2-3-7-17(10)9-13-16-14(11-5-6-11)12(8-15)18-13/h10-11H,2-7,9H2,1H3. The molecule has 0 radical (unpaired) electrons. The van der Waals surface area contributed by atoms with Crippen molar-refractivity contribution in [3.05, 3.63) is 15.6 Å². The van der Waals surface area contributed by atoms with Crippen LogP contribution in [0.3, 0.4) is 0 Å². The minimum Gasteiger partial charge on any atom is -0.294 e. The first kappa shape index (κ1) is 12.1. The van der Waals surface area contributed by atoms with Gasteiger partial charge in [-0.15, -0.1) is 11.3 Å². The zero-order chi connectivity index (χ0) is 12.5. The van der Waals surface area contributed by atoms with Crippen molar-refractivity contribution in [1.82, 2.24) is 9.88 Å². The number of nitrogens with zero attached hydrogens (tertiary/aromatic N) is 3. The molecule has 1 aromatic rings. The summed E-state index contributed by atoms with van der Waals surface area (Å²) in [6.07, 6.45) is 6.39. The molecule has 1 aliphatic carbocycles. The average molecular weight is 261 g/mol. The molecule has 1 atom stereocenters. The largest absolute Gasteiger partial charge is 0.294 e. The molecule has 2 aliphatic rings. The minimum atomic E-state index is 0.587. The molecule has 1 aliphatic heterocycles. The highest BCUT2D eigenvalue weighted by Crippen LogP contribution is 2.42. The fraction of sp³-hybridized carbons (Fsp3) is 0.714. The van der Waals surface area contributed by atoms with Crippen LogP contribution in [-0.2, 0) is 6.54 Å². The van der Waals surface area contributed by atoms with Crippen molar-refractivity contribution in [3.8, 4) is 6.07 Å². The lowest BCUT2D eigenvalue weighted by molar-refractivity contribution is 0.152. The SMILES string of the molecule is CC1CCCCN1Cc1nc(C2CC2)c(C#N)s1. The first-order chi connectivity index (χ1) is 8.78. The molecule has 1 saturated carbocycles. The number of thiazole rings is 1. The number of hydrogen-bond acceptors (Lipinski definition) is 4. The smallest absolute Gasteiger partial charge is 0.128 e. The van der Waals surface area contributed by atoms with Gasteiger partial charge in [0.1, 0.15) is 16.0 Å². The normalized spacial score (nSPS) is 25.0. The molecule has 0 N–H and O–H groups in total. The Labute approximate surface area is 112 Å². The zero-order valence-electron chi connectivity index (χ0n) is 10.9. The van der Waals surface area contributed by atoms with Gasteiger partial charge in [-0.3, -0.25) is 4.90 Å². The van der Waals surface area contributed by atoms with E-state index < -0.39 is 0 Å². The monoisotopic (exact) mass is 261 g/mol. The van der Waals surface area contributed by atoms with E-state index in [9.17, 15) is 5.26 Å². The van der Waals surface area contributed by atoms with E-state index in [-0.39, 0.29) is 0 Å². The zero-order valence-corrected chi connectivity index (χ0v) is 11.7. The number of nitriles is 1. The summed E-state index contributed by atoms with van der Waals surface area (Å²) in [6.45, 7) is 4.43. The van der Waals surface area contributed by atoms with Crippen LogP contribution in [0, 0.1) is 11.3 Å². The molecule has 0 aromatic carbocycles. The Bertz CT molecular complexity index is 470. The van der Waals surface area contributed by atoms with Crippen LogP contribution in [0.4, 0.5) is 0 Å². The summed E-state index contributed by atoms with van der Waals surface area (Å²) in [4.78, 5) is 8.10. The molecule has 0 bridgehead atoms. The molecular weight excluding hydrogens is 242 g/mol. The number of hydrogen-bond donors (Lipinski definition) is 0. The van der Waals surface area contributed by atoms with Crippen molar-refractivity contribution in [2.24, 2.45) is 0 Å². The number of likely N-dealkylation sites (tertiary alicyclic amines) is 1. The second-order valence-corrected chi connectivity index (χ2v) is 6.61. The Morgan fingerprint density at radius 1 is 1.39 bits per heavy atom. The van der Waals surface area contributed by atoms with Crippen molar-refractivity contribution >= 4 is 11.3 Å². The highest BCUT2D eigenvalue weighted by molar-refractivity contribution is 7.12. The van der Waals surface area contributed by atoms with Crippen LogP contribution in [-0.4, -0.2) is 22.5 Å². The highest BCUT2D eigenvalue weighted by Gasteiger charge is 2.30. The molecule has 1 unspecified atom stereocenters. The fourth-order valence-corrected chi connectivity index (χ4v) is 3.70. The Morgan fingerprint density at radius 2 is 2.22 bits per heavy atom. The maximum absolute atomic E-state index is 9.17. The van der Waals surface area contributed by atoms with Crippen LogP contribution in [0.5, 0.6) is 0 Å². The molecule has 3 rings (SSSR count). The van der Waals surface area contributed by atoms with E-state index >= 15 is 0 Å². The van der Waals surface area contributed by atoms with E-state index in [1.165, 1.54) is 38.6 Å². The third-order valence-electron chi connectivity index (χ3n) is 4.04. The molecule has 18 heavy (non-hydrogen) atoms. The van der Waals surface area contributed by atoms with Crippen LogP contribution < -0.4 is 0 Å². The van der Waals surface area contributed by atoms with Crippen LogP contribution >= 0.6 is 11.3 Å². The van der Waals surface area contributed by atoms with E-state index in [0.717, 1.165) is 22.1 Å². The summed E-state index contributed by atoms with van der Waals surface area (Å²) >= 11 is 1.61. The van der Waals surface area contributed by atoms with Gasteiger partial charge >= 0.3 is 0 Å². The van der Waals surface area contributed by atoms with E-state index in [1.807, 2.05) is 0 Å². The first-order valence-electron chi connectivity index (χ1n) is 6.91. The Morgan fingerprint density at radius 3 is 2.89 bits per heavy atom. The number of piperidine rings is 1. The minimum absolute atomic E-state index is 0.587. The number of rotatable bonds is 3. The van der Waals surface area contributed by atoms with Gasteiger partial charge in [0.15, 0.2) is 0 Å². The van der Waals surface area contributed by atoms with Gasteiger partial charge in [0.05, 0.1) is 12.2 Å². The van der Waals surface area contributed by atoms with Gasteiger partial charge in [0.25, 0.3) is 0 Å². The van der Waals surface area contributed by atoms with Crippen molar-refractivity contribution < 1.29 is 0 Å². The fourth-order valence-electron chi connectivity index (χ4n) is 2.73. The predicted molar refractivity (Wildman–Crippen MR) is 72.5 cm³/mol. The summed E-state index contributed by atoms with van der Waals surface area (Å²) in [5.41, 5.74) is 1.09. The van der Waals surface area contributed by atoms with Crippen LogP contribution in [0.1, 0.15) is 60.5 Å². The van der Waals surface area contributed by atoms with Gasteiger partial charge in [0, 0.05) is 12.0 Å². The molecule has 96 valence electrons. The number of aromatic nitrogens is 1. The maximum Gasteiger partial charge on any atom is 0.128 e. The van der Waals surface area contributed by atoms with Gasteiger partial charge in [-0.05, 0) is 39.2 Å². The second-order valence-electron chi connectivity index (χ2n) is 5.52. The molecule has 4 heteroatoms. The molecule has 2 heterocycles. The third kappa shape index (κ3) is 2.43. The van der Waals surface area contributed by atoms with E-state index in [2.05, 4.69) is 17.9 Å².